The lowest BCUT2D eigenvalue weighted by Crippen LogP contribution is -2.45. The molecule has 2 aromatic rings. The predicted octanol–water partition coefficient (Wildman–Crippen LogP) is 1.96. The summed E-state index contributed by atoms with van der Waals surface area (Å²) < 4.78 is 7.29. The number of benzene rings is 1. The lowest BCUT2D eigenvalue weighted by atomic mass is 9.98. The number of aromatic nitrogens is 3. The van der Waals surface area contributed by atoms with Gasteiger partial charge in [0.2, 0.25) is 0 Å². The molecule has 2 N–H and O–H groups in total. The van der Waals surface area contributed by atoms with E-state index in [-0.39, 0.29) is 24.1 Å². The molecule has 1 aromatic heterocycles. The van der Waals surface area contributed by atoms with Gasteiger partial charge in [-0.1, -0.05) is 17.3 Å². The maximum atomic E-state index is 12.6. The van der Waals surface area contributed by atoms with E-state index < -0.39 is 0 Å². The summed E-state index contributed by atoms with van der Waals surface area (Å²) in [6.45, 7) is 8.18. The minimum Gasteiger partial charge on any atom is -0.376 e. The Morgan fingerprint density at radius 1 is 1.32 bits per heavy atom. The Morgan fingerprint density at radius 2 is 2.16 bits per heavy atom. The zero-order valence-corrected chi connectivity index (χ0v) is 18.4. The van der Waals surface area contributed by atoms with Gasteiger partial charge in [-0.25, -0.2) is 9.48 Å². The molecule has 0 saturated carbocycles. The third-order valence-electron chi connectivity index (χ3n) is 5.79. The average Bonchev–Trinajstić information content (AvgIpc) is 3.40. The van der Waals surface area contributed by atoms with Crippen molar-refractivity contribution in [1.29, 1.82) is 0 Å². The second-order valence-corrected chi connectivity index (χ2v) is 8.47. The number of ether oxygens (including phenoxy) is 1. The van der Waals surface area contributed by atoms with Crippen molar-refractivity contribution in [2.24, 2.45) is 0 Å². The Balaban J connectivity index is 1.51. The van der Waals surface area contributed by atoms with Gasteiger partial charge in [0.05, 0.1) is 17.5 Å². The van der Waals surface area contributed by atoms with E-state index in [1.807, 2.05) is 43.9 Å². The number of nitrogens with one attached hydrogen (secondary N) is 2. The van der Waals surface area contributed by atoms with E-state index in [1.54, 1.807) is 4.68 Å². The molecule has 1 saturated heterocycles. The van der Waals surface area contributed by atoms with E-state index in [9.17, 15) is 9.59 Å². The topological polar surface area (TPSA) is 101 Å². The summed E-state index contributed by atoms with van der Waals surface area (Å²) in [5, 5.41) is 14.3. The molecule has 2 aliphatic rings. The highest BCUT2D eigenvalue weighted by atomic mass is 16.5. The van der Waals surface area contributed by atoms with Crippen LogP contribution in [-0.2, 0) is 17.7 Å². The van der Waals surface area contributed by atoms with E-state index in [4.69, 9.17) is 4.74 Å². The zero-order chi connectivity index (χ0) is 22.0. The quantitative estimate of drug-likeness (QED) is 0.761. The summed E-state index contributed by atoms with van der Waals surface area (Å²) in [5.74, 6) is -0.236. The Morgan fingerprint density at radius 3 is 2.90 bits per heavy atom. The fourth-order valence-corrected chi connectivity index (χ4v) is 4.16. The Labute approximate surface area is 182 Å². The van der Waals surface area contributed by atoms with Crippen molar-refractivity contribution in [2.75, 3.05) is 19.7 Å². The largest absolute Gasteiger partial charge is 0.376 e. The lowest BCUT2D eigenvalue weighted by Gasteiger charge is -2.30. The molecule has 0 bridgehead atoms. The van der Waals surface area contributed by atoms with Crippen LogP contribution in [0.4, 0.5) is 4.79 Å². The van der Waals surface area contributed by atoms with Gasteiger partial charge >= 0.3 is 6.03 Å². The van der Waals surface area contributed by atoms with Crippen molar-refractivity contribution in [3.63, 3.8) is 0 Å². The summed E-state index contributed by atoms with van der Waals surface area (Å²) >= 11 is 0. The molecular weight excluding hydrogens is 396 g/mol. The van der Waals surface area contributed by atoms with Crippen LogP contribution in [0.25, 0.3) is 5.69 Å². The SMILES string of the molecule is Cc1c(C(=O)NCC2CCCO2)nnn1-c1cccc2c1CCN(C(=O)NC(C)C)C2. The van der Waals surface area contributed by atoms with Crippen LogP contribution in [0.15, 0.2) is 18.2 Å². The fraction of sp³-hybridized carbons (Fsp3) is 0.545. The number of carbonyl (C=O) groups excluding carboxylic acids is 2. The third kappa shape index (κ3) is 4.56. The number of fused-ring (bicyclic) bond motifs is 1. The van der Waals surface area contributed by atoms with Gasteiger partial charge < -0.3 is 20.3 Å². The van der Waals surface area contributed by atoms with Crippen molar-refractivity contribution in [1.82, 2.24) is 30.5 Å². The molecule has 9 heteroatoms. The summed E-state index contributed by atoms with van der Waals surface area (Å²) in [7, 11) is 0. The number of amides is 3. The summed E-state index contributed by atoms with van der Waals surface area (Å²) in [6, 6.07) is 6.03. The zero-order valence-electron chi connectivity index (χ0n) is 18.4. The van der Waals surface area contributed by atoms with Crippen molar-refractivity contribution in [2.45, 2.75) is 58.7 Å². The van der Waals surface area contributed by atoms with Crippen LogP contribution in [0, 0.1) is 6.92 Å². The molecule has 0 aliphatic carbocycles. The number of hydrogen-bond acceptors (Lipinski definition) is 5. The van der Waals surface area contributed by atoms with Crippen molar-refractivity contribution >= 4 is 11.9 Å². The normalized spacial score (nSPS) is 18.2. The Hall–Kier alpha value is -2.94. The molecule has 2 aliphatic heterocycles. The number of urea groups is 1. The molecular formula is C22H30N6O3. The van der Waals surface area contributed by atoms with Gasteiger partial charge in [-0.2, -0.15) is 0 Å². The molecule has 4 rings (SSSR count). The first kappa shape index (κ1) is 21.3. The van der Waals surface area contributed by atoms with Gasteiger partial charge in [0.15, 0.2) is 5.69 Å². The minimum atomic E-state index is -0.236. The van der Waals surface area contributed by atoms with Crippen LogP contribution in [-0.4, -0.2) is 63.7 Å². The van der Waals surface area contributed by atoms with Crippen LogP contribution < -0.4 is 10.6 Å². The number of nitrogens with zero attached hydrogens (tertiary/aromatic N) is 4. The molecule has 1 aromatic carbocycles. The molecule has 1 unspecified atom stereocenters. The molecule has 1 fully saturated rings. The number of carbonyl (C=O) groups is 2. The molecule has 3 heterocycles. The highest BCUT2D eigenvalue weighted by Crippen LogP contribution is 2.26. The Bertz CT molecular complexity index is 964. The third-order valence-corrected chi connectivity index (χ3v) is 5.79. The molecule has 9 nitrogen and oxygen atoms in total. The van der Waals surface area contributed by atoms with Crippen LogP contribution in [0.2, 0.25) is 0 Å². The maximum Gasteiger partial charge on any atom is 0.317 e. The van der Waals surface area contributed by atoms with Crippen LogP contribution in [0.1, 0.15) is 54.0 Å². The monoisotopic (exact) mass is 426 g/mol. The first-order chi connectivity index (χ1) is 14.9. The minimum absolute atomic E-state index is 0.0480. The summed E-state index contributed by atoms with van der Waals surface area (Å²) in [5.41, 5.74) is 4.14. The molecule has 0 spiro atoms. The van der Waals surface area contributed by atoms with Gasteiger partial charge in [0, 0.05) is 32.3 Å². The van der Waals surface area contributed by atoms with E-state index in [0.717, 1.165) is 42.7 Å². The van der Waals surface area contributed by atoms with E-state index in [1.165, 1.54) is 0 Å². The van der Waals surface area contributed by atoms with E-state index in [2.05, 4.69) is 20.9 Å². The van der Waals surface area contributed by atoms with Crippen LogP contribution in [0.3, 0.4) is 0 Å². The van der Waals surface area contributed by atoms with Crippen molar-refractivity contribution in [3.05, 3.63) is 40.7 Å². The molecule has 0 radical (unpaired) electrons. The van der Waals surface area contributed by atoms with Gasteiger partial charge in [-0.05, 0) is 57.2 Å². The molecule has 166 valence electrons. The van der Waals surface area contributed by atoms with Crippen LogP contribution >= 0.6 is 0 Å². The average molecular weight is 427 g/mol. The summed E-state index contributed by atoms with van der Waals surface area (Å²) in [6.07, 6.45) is 2.80. The van der Waals surface area contributed by atoms with Crippen LogP contribution in [0.5, 0.6) is 0 Å². The van der Waals surface area contributed by atoms with E-state index >= 15 is 0 Å². The lowest BCUT2D eigenvalue weighted by molar-refractivity contribution is 0.0853. The molecule has 31 heavy (non-hydrogen) atoms. The first-order valence-electron chi connectivity index (χ1n) is 10.9. The number of rotatable bonds is 5. The summed E-state index contributed by atoms with van der Waals surface area (Å²) in [4.78, 5) is 26.8. The molecule has 1 atom stereocenters. The second kappa shape index (κ2) is 9.05. The van der Waals surface area contributed by atoms with E-state index in [0.29, 0.717) is 31.0 Å². The maximum absolute atomic E-state index is 12.6. The predicted molar refractivity (Wildman–Crippen MR) is 115 cm³/mol. The van der Waals surface area contributed by atoms with Crippen molar-refractivity contribution in [3.8, 4) is 5.69 Å². The van der Waals surface area contributed by atoms with Gasteiger partial charge in [-0.3, -0.25) is 4.79 Å². The first-order valence-corrected chi connectivity index (χ1v) is 10.9. The smallest absolute Gasteiger partial charge is 0.317 e. The van der Waals surface area contributed by atoms with Gasteiger partial charge in [0.25, 0.3) is 5.91 Å². The highest BCUT2D eigenvalue weighted by Gasteiger charge is 2.26. The standard InChI is InChI=1S/C22H30N6O3/c1-14(2)24-22(30)27-10-9-18-16(13-27)6-4-8-19(18)28-15(3)20(25-26-28)21(29)23-12-17-7-5-11-31-17/h4,6,8,14,17H,5,7,9-13H2,1-3H3,(H,23,29)(H,24,30). The second-order valence-electron chi connectivity index (χ2n) is 8.47. The Kier molecular flexibility index (Phi) is 6.22. The highest BCUT2D eigenvalue weighted by molar-refractivity contribution is 5.93. The fourth-order valence-electron chi connectivity index (χ4n) is 4.16. The van der Waals surface area contributed by atoms with Gasteiger partial charge in [-0.15, -0.1) is 5.10 Å². The van der Waals surface area contributed by atoms with Gasteiger partial charge in [0.1, 0.15) is 0 Å². The van der Waals surface area contributed by atoms with Crippen molar-refractivity contribution < 1.29 is 14.3 Å². The molecule has 3 amide bonds. The number of hydrogen-bond donors (Lipinski definition) is 2.